The van der Waals surface area contributed by atoms with Crippen molar-refractivity contribution >= 4 is 23.2 Å². The number of alkyl halides is 3. The van der Waals surface area contributed by atoms with Gasteiger partial charge < -0.3 is 20.5 Å². The van der Waals surface area contributed by atoms with Crippen molar-refractivity contribution in [2.45, 2.75) is 65.2 Å². The molecule has 1 fully saturated rings. The molecule has 1 aliphatic carbocycles. The van der Waals surface area contributed by atoms with E-state index in [0.29, 0.717) is 30.3 Å². The Hall–Kier alpha value is -2.46. The minimum absolute atomic E-state index is 0.00702. The largest absolute Gasteiger partial charge is 0.496 e. The van der Waals surface area contributed by atoms with Crippen LogP contribution in [0.2, 0.25) is 5.02 Å². The molecule has 1 aromatic carbocycles. The van der Waals surface area contributed by atoms with Gasteiger partial charge in [0.05, 0.1) is 24.4 Å². The fraction of sp³-hybridized carbons (Fsp3) is 0.600. The monoisotopic (exact) mass is 530 g/mol. The summed E-state index contributed by atoms with van der Waals surface area (Å²) in [6, 6.07) is 2.79. The summed E-state index contributed by atoms with van der Waals surface area (Å²) in [5.74, 6) is 0.440. The van der Waals surface area contributed by atoms with Gasteiger partial charge in [-0.1, -0.05) is 31.4 Å². The van der Waals surface area contributed by atoms with Gasteiger partial charge in [0.15, 0.2) is 5.69 Å². The highest BCUT2D eigenvalue weighted by Crippen LogP contribution is 2.40. The van der Waals surface area contributed by atoms with Crippen LogP contribution < -0.4 is 15.4 Å². The quantitative estimate of drug-likeness (QED) is 0.398. The number of aliphatic hydroxyl groups is 1. The Morgan fingerprint density at radius 3 is 2.58 bits per heavy atom. The van der Waals surface area contributed by atoms with E-state index in [2.05, 4.69) is 22.7 Å². The van der Waals surface area contributed by atoms with Gasteiger partial charge in [-0.15, -0.1) is 0 Å². The second-order valence-electron chi connectivity index (χ2n) is 9.67. The maximum absolute atomic E-state index is 13.1. The molecular weight excluding hydrogens is 497 g/mol. The topological polar surface area (TPSA) is 88.4 Å². The third-order valence-corrected chi connectivity index (χ3v) is 7.39. The van der Waals surface area contributed by atoms with E-state index in [1.165, 1.54) is 19.2 Å². The maximum Gasteiger partial charge on any atom is 0.408 e. The number of anilines is 1. The minimum Gasteiger partial charge on any atom is -0.496 e. The van der Waals surface area contributed by atoms with E-state index in [9.17, 15) is 23.1 Å². The number of carbonyl (C=O) groups excluding carboxylic acids is 1. The molecule has 11 heteroatoms. The SMILES string of the molecule is CCn1nc(C(=O)NCC2(CO)CCC(C)CC2)c(Cl)c1-c1ccc(N[C@H](C)C(F)(F)F)cc1OC. The molecule has 36 heavy (non-hydrogen) atoms. The van der Waals surface area contributed by atoms with E-state index in [1.807, 2.05) is 6.92 Å². The summed E-state index contributed by atoms with van der Waals surface area (Å²) < 4.78 is 45.9. The lowest BCUT2D eigenvalue weighted by atomic mass is 9.71. The highest BCUT2D eigenvalue weighted by molar-refractivity contribution is 6.36. The van der Waals surface area contributed by atoms with Gasteiger partial charge in [0, 0.05) is 35.8 Å². The Labute approximate surface area is 214 Å². The number of hydrogen-bond acceptors (Lipinski definition) is 5. The number of nitrogens with zero attached hydrogens (tertiary/aromatic N) is 2. The van der Waals surface area contributed by atoms with Crippen LogP contribution in [0.3, 0.4) is 0 Å². The standard InChI is InChI=1S/C25H34ClF3N4O3/c1-5-33-22(18-7-6-17(12-19(18)36-4)31-16(3)25(27,28)29)20(26)21(32-33)23(35)30-13-24(14-34)10-8-15(2)9-11-24/h6-7,12,15-16,31,34H,5,8-11,13-14H2,1-4H3,(H,30,35)/t15?,16-,24?/m1/s1. The molecule has 0 aliphatic heterocycles. The van der Waals surface area contributed by atoms with E-state index in [4.69, 9.17) is 16.3 Å². The van der Waals surface area contributed by atoms with Gasteiger partial charge in [-0.25, -0.2) is 0 Å². The van der Waals surface area contributed by atoms with Crippen LogP contribution in [0.15, 0.2) is 18.2 Å². The molecular formula is C25H34ClF3N4O3. The first-order chi connectivity index (χ1) is 16.9. The molecule has 0 bridgehead atoms. The molecule has 1 aliphatic rings. The zero-order valence-corrected chi connectivity index (χ0v) is 21.8. The van der Waals surface area contributed by atoms with Gasteiger partial charge in [-0.3, -0.25) is 9.48 Å². The second-order valence-corrected chi connectivity index (χ2v) is 10.1. The number of nitrogens with one attached hydrogen (secondary N) is 2. The van der Waals surface area contributed by atoms with Crippen LogP contribution in [0, 0.1) is 11.3 Å². The molecule has 7 nitrogen and oxygen atoms in total. The number of halogens is 4. The average Bonchev–Trinajstić information content (AvgIpc) is 3.19. The third kappa shape index (κ3) is 6.08. The Balaban J connectivity index is 1.86. The summed E-state index contributed by atoms with van der Waals surface area (Å²) in [6.45, 7) is 5.77. The minimum atomic E-state index is -4.40. The van der Waals surface area contributed by atoms with Crippen molar-refractivity contribution < 1.29 is 27.8 Å². The molecule has 0 radical (unpaired) electrons. The highest BCUT2D eigenvalue weighted by atomic mass is 35.5. The number of aryl methyl sites for hydroxylation is 1. The fourth-order valence-electron chi connectivity index (χ4n) is 4.50. The molecule has 1 amide bonds. The van der Waals surface area contributed by atoms with Crippen LogP contribution in [0.1, 0.15) is 56.9 Å². The summed E-state index contributed by atoms with van der Waals surface area (Å²) in [5, 5.41) is 19.8. The fourth-order valence-corrected chi connectivity index (χ4v) is 4.82. The summed E-state index contributed by atoms with van der Waals surface area (Å²) in [5.41, 5.74) is 0.841. The predicted molar refractivity (Wildman–Crippen MR) is 134 cm³/mol. The van der Waals surface area contributed by atoms with Crippen LogP contribution in [-0.4, -0.2) is 53.3 Å². The zero-order valence-electron chi connectivity index (χ0n) is 21.0. The number of hydrogen-bond donors (Lipinski definition) is 3. The number of aliphatic hydroxyl groups excluding tert-OH is 1. The van der Waals surface area contributed by atoms with Crippen molar-refractivity contribution in [2.75, 3.05) is 25.6 Å². The van der Waals surface area contributed by atoms with Crippen molar-refractivity contribution in [2.24, 2.45) is 11.3 Å². The molecule has 1 saturated carbocycles. The van der Waals surface area contributed by atoms with E-state index >= 15 is 0 Å². The molecule has 200 valence electrons. The summed E-state index contributed by atoms with van der Waals surface area (Å²) in [6.07, 6.45) is -0.741. The van der Waals surface area contributed by atoms with Crippen molar-refractivity contribution in [1.29, 1.82) is 0 Å². The summed E-state index contributed by atoms with van der Waals surface area (Å²) in [7, 11) is 1.41. The lowest BCUT2D eigenvalue weighted by molar-refractivity contribution is -0.138. The Kier molecular flexibility index (Phi) is 8.82. The maximum atomic E-state index is 13.1. The normalized spacial score (nSPS) is 21.2. The van der Waals surface area contributed by atoms with Crippen LogP contribution in [0.25, 0.3) is 11.3 Å². The van der Waals surface area contributed by atoms with Crippen LogP contribution in [-0.2, 0) is 6.54 Å². The van der Waals surface area contributed by atoms with Gasteiger partial charge in [-0.2, -0.15) is 18.3 Å². The molecule has 1 atom stereocenters. The lowest BCUT2D eigenvalue weighted by Gasteiger charge is -2.38. The van der Waals surface area contributed by atoms with Gasteiger partial charge in [-0.05, 0) is 44.7 Å². The first-order valence-corrected chi connectivity index (χ1v) is 12.5. The van der Waals surface area contributed by atoms with Gasteiger partial charge >= 0.3 is 6.18 Å². The summed E-state index contributed by atoms with van der Waals surface area (Å²) >= 11 is 6.65. The number of ether oxygens (including phenoxy) is 1. The predicted octanol–water partition coefficient (Wildman–Crippen LogP) is 5.51. The number of benzene rings is 1. The molecule has 2 aromatic rings. The molecule has 0 unspecified atom stereocenters. The second kappa shape index (κ2) is 11.3. The van der Waals surface area contributed by atoms with Gasteiger partial charge in [0.1, 0.15) is 11.8 Å². The lowest BCUT2D eigenvalue weighted by Crippen LogP contribution is -2.42. The van der Waals surface area contributed by atoms with Crippen molar-refractivity contribution in [3.05, 3.63) is 28.9 Å². The van der Waals surface area contributed by atoms with Gasteiger partial charge in [0.2, 0.25) is 0 Å². The first kappa shape index (κ1) is 28.1. The van der Waals surface area contributed by atoms with E-state index in [-0.39, 0.29) is 34.2 Å². The smallest absolute Gasteiger partial charge is 0.408 e. The van der Waals surface area contributed by atoms with Crippen molar-refractivity contribution in [3.8, 4) is 17.0 Å². The zero-order chi connectivity index (χ0) is 26.7. The number of carbonyl (C=O) groups is 1. The van der Waals surface area contributed by atoms with Crippen LogP contribution >= 0.6 is 11.6 Å². The van der Waals surface area contributed by atoms with Crippen LogP contribution in [0.4, 0.5) is 18.9 Å². The third-order valence-electron chi connectivity index (χ3n) is 7.03. The van der Waals surface area contributed by atoms with Gasteiger partial charge in [0.25, 0.3) is 5.91 Å². The summed E-state index contributed by atoms with van der Waals surface area (Å²) in [4.78, 5) is 13.1. The molecule has 3 rings (SSSR count). The number of methoxy groups -OCH3 is 1. The number of amides is 1. The van der Waals surface area contributed by atoms with Crippen LogP contribution in [0.5, 0.6) is 5.75 Å². The molecule has 1 aromatic heterocycles. The molecule has 1 heterocycles. The first-order valence-electron chi connectivity index (χ1n) is 12.1. The Morgan fingerprint density at radius 2 is 2.03 bits per heavy atom. The van der Waals surface area contributed by atoms with Crippen molar-refractivity contribution in [3.63, 3.8) is 0 Å². The van der Waals surface area contributed by atoms with E-state index < -0.39 is 18.1 Å². The number of aromatic nitrogens is 2. The average molecular weight is 531 g/mol. The molecule has 0 saturated heterocycles. The highest BCUT2D eigenvalue weighted by Gasteiger charge is 2.36. The molecule has 3 N–H and O–H groups in total. The Bertz CT molecular complexity index is 1070. The Morgan fingerprint density at radius 1 is 1.36 bits per heavy atom. The van der Waals surface area contributed by atoms with Crippen molar-refractivity contribution in [1.82, 2.24) is 15.1 Å². The molecule has 0 spiro atoms. The number of rotatable bonds is 9. The van der Waals surface area contributed by atoms with E-state index in [1.54, 1.807) is 10.7 Å². The van der Waals surface area contributed by atoms with E-state index in [0.717, 1.165) is 32.6 Å².